The summed E-state index contributed by atoms with van der Waals surface area (Å²) < 4.78 is 20.3. The van der Waals surface area contributed by atoms with Crippen molar-refractivity contribution >= 4 is 5.91 Å². The molecular formula is C15H18FN3O2. The maximum Gasteiger partial charge on any atom is 0.254 e. The van der Waals surface area contributed by atoms with Gasteiger partial charge in [-0.15, -0.1) is 0 Å². The largest absolute Gasteiger partial charge is 0.489 e. The molecule has 1 aromatic carbocycles. The van der Waals surface area contributed by atoms with Gasteiger partial charge in [0.2, 0.25) is 0 Å². The van der Waals surface area contributed by atoms with Crippen LogP contribution in [0.15, 0.2) is 36.7 Å². The van der Waals surface area contributed by atoms with E-state index in [9.17, 15) is 9.18 Å². The third kappa shape index (κ3) is 4.30. The van der Waals surface area contributed by atoms with E-state index in [2.05, 4.69) is 10.4 Å². The first-order valence-corrected chi connectivity index (χ1v) is 6.77. The maximum absolute atomic E-state index is 13.1. The minimum Gasteiger partial charge on any atom is -0.489 e. The number of hydrogen-bond acceptors (Lipinski definition) is 3. The summed E-state index contributed by atoms with van der Waals surface area (Å²) in [6.45, 7) is 2.29. The average Bonchev–Trinajstić information content (AvgIpc) is 2.90. The average molecular weight is 291 g/mol. The lowest BCUT2D eigenvalue weighted by Crippen LogP contribution is -2.34. The van der Waals surface area contributed by atoms with Crippen LogP contribution in [0.1, 0.15) is 23.7 Å². The number of halogens is 1. The molecule has 6 heteroatoms. The minimum atomic E-state index is -0.346. The van der Waals surface area contributed by atoms with Crippen LogP contribution in [-0.4, -0.2) is 28.3 Å². The second-order valence-corrected chi connectivity index (χ2v) is 4.72. The molecule has 0 aliphatic heterocycles. The highest BCUT2D eigenvalue weighted by molar-refractivity contribution is 5.93. The highest BCUT2D eigenvalue weighted by Crippen LogP contribution is 2.14. The molecule has 1 amide bonds. The molecule has 0 fully saturated rings. The van der Waals surface area contributed by atoms with Gasteiger partial charge in [-0.1, -0.05) is 13.0 Å². The van der Waals surface area contributed by atoms with E-state index >= 15 is 0 Å². The summed E-state index contributed by atoms with van der Waals surface area (Å²) in [7, 11) is 1.75. The Morgan fingerprint density at radius 3 is 2.95 bits per heavy atom. The van der Waals surface area contributed by atoms with Crippen LogP contribution in [0.3, 0.4) is 0 Å². The first kappa shape index (κ1) is 15.0. The molecular weight excluding hydrogens is 273 g/mol. The molecule has 0 aliphatic rings. The summed E-state index contributed by atoms with van der Waals surface area (Å²) in [5.41, 5.74) is 0.498. The predicted octanol–water partition coefficient (Wildman–Crippen LogP) is 2.15. The van der Waals surface area contributed by atoms with Gasteiger partial charge in [0.1, 0.15) is 17.7 Å². The van der Waals surface area contributed by atoms with Gasteiger partial charge in [0.15, 0.2) is 0 Å². The second kappa shape index (κ2) is 6.88. The highest BCUT2D eigenvalue weighted by atomic mass is 19.1. The van der Waals surface area contributed by atoms with Gasteiger partial charge in [-0.3, -0.25) is 9.48 Å². The van der Waals surface area contributed by atoms with Crippen molar-refractivity contribution in [1.29, 1.82) is 0 Å². The summed E-state index contributed by atoms with van der Waals surface area (Å²) in [6, 6.07) is 5.96. The summed E-state index contributed by atoms with van der Waals surface area (Å²) in [5, 5.41) is 6.73. The number of carbonyl (C=O) groups is 1. The zero-order valence-electron chi connectivity index (χ0n) is 12.0. The van der Waals surface area contributed by atoms with Crippen molar-refractivity contribution in [2.24, 2.45) is 7.05 Å². The lowest BCUT2D eigenvalue weighted by Gasteiger charge is -2.18. The van der Waals surface area contributed by atoms with Gasteiger partial charge in [0, 0.05) is 19.3 Å². The molecule has 0 saturated heterocycles. The SMILES string of the molecule is CCC(CNC(=O)c1cnn(C)c1)Oc1cccc(F)c1. The predicted molar refractivity (Wildman–Crippen MR) is 76.6 cm³/mol. The molecule has 1 N–H and O–H groups in total. The van der Waals surface area contributed by atoms with Crippen LogP contribution in [0.4, 0.5) is 4.39 Å². The molecule has 1 unspecified atom stereocenters. The molecule has 21 heavy (non-hydrogen) atoms. The zero-order valence-corrected chi connectivity index (χ0v) is 12.0. The number of nitrogens with zero attached hydrogens (tertiary/aromatic N) is 2. The summed E-state index contributed by atoms with van der Waals surface area (Å²) in [5.74, 6) is -0.0939. The minimum absolute atomic E-state index is 0.204. The van der Waals surface area contributed by atoms with Crippen LogP contribution in [0.2, 0.25) is 0 Å². The fraction of sp³-hybridized carbons (Fsp3) is 0.333. The van der Waals surface area contributed by atoms with Crippen molar-refractivity contribution in [1.82, 2.24) is 15.1 Å². The Bertz CT molecular complexity index is 612. The number of carbonyl (C=O) groups excluding carboxylic acids is 1. The van der Waals surface area contributed by atoms with Crippen molar-refractivity contribution in [3.05, 3.63) is 48.0 Å². The molecule has 112 valence electrons. The van der Waals surface area contributed by atoms with Gasteiger partial charge in [0.05, 0.1) is 18.3 Å². The monoisotopic (exact) mass is 291 g/mol. The van der Waals surface area contributed by atoms with Crippen molar-refractivity contribution in [3.8, 4) is 5.75 Å². The topological polar surface area (TPSA) is 56.2 Å². The van der Waals surface area contributed by atoms with Crippen LogP contribution in [0, 0.1) is 5.82 Å². The second-order valence-electron chi connectivity index (χ2n) is 4.72. The van der Waals surface area contributed by atoms with Crippen LogP contribution >= 0.6 is 0 Å². The van der Waals surface area contributed by atoms with Gasteiger partial charge in [-0.2, -0.15) is 5.10 Å². The van der Waals surface area contributed by atoms with Crippen LogP contribution in [0.5, 0.6) is 5.75 Å². The van der Waals surface area contributed by atoms with Crippen molar-refractivity contribution in [2.45, 2.75) is 19.4 Å². The number of amides is 1. The fourth-order valence-electron chi connectivity index (χ4n) is 1.85. The molecule has 1 atom stereocenters. The van der Waals surface area contributed by atoms with E-state index in [-0.39, 0.29) is 17.8 Å². The van der Waals surface area contributed by atoms with Gasteiger partial charge < -0.3 is 10.1 Å². The van der Waals surface area contributed by atoms with E-state index in [1.165, 1.54) is 18.3 Å². The van der Waals surface area contributed by atoms with E-state index in [0.29, 0.717) is 24.3 Å². The van der Waals surface area contributed by atoms with Crippen LogP contribution < -0.4 is 10.1 Å². The van der Waals surface area contributed by atoms with E-state index in [4.69, 9.17) is 4.74 Å². The van der Waals surface area contributed by atoms with Crippen LogP contribution in [-0.2, 0) is 7.05 Å². The Hall–Kier alpha value is -2.37. The van der Waals surface area contributed by atoms with Crippen molar-refractivity contribution < 1.29 is 13.9 Å². The van der Waals surface area contributed by atoms with Gasteiger partial charge in [-0.25, -0.2) is 4.39 Å². The number of nitrogens with one attached hydrogen (secondary N) is 1. The number of benzene rings is 1. The molecule has 2 aromatic rings. The fourth-order valence-corrected chi connectivity index (χ4v) is 1.85. The summed E-state index contributed by atoms with van der Waals surface area (Å²) in [6.07, 6.45) is 3.63. The van der Waals surface area contributed by atoms with Crippen molar-refractivity contribution in [3.63, 3.8) is 0 Å². The Labute approximate surface area is 122 Å². The molecule has 1 aromatic heterocycles. The molecule has 0 aliphatic carbocycles. The Balaban J connectivity index is 1.89. The van der Waals surface area contributed by atoms with E-state index < -0.39 is 0 Å². The quantitative estimate of drug-likeness (QED) is 0.887. The molecule has 0 saturated carbocycles. The first-order valence-electron chi connectivity index (χ1n) is 6.77. The first-order chi connectivity index (χ1) is 10.1. The van der Waals surface area contributed by atoms with Gasteiger partial charge in [-0.05, 0) is 18.6 Å². The Kier molecular flexibility index (Phi) is 4.92. The molecule has 0 bridgehead atoms. The number of ether oxygens (including phenoxy) is 1. The molecule has 0 radical (unpaired) electrons. The van der Waals surface area contributed by atoms with E-state index in [1.54, 1.807) is 30.1 Å². The normalized spacial score (nSPS) is 12.0. The number of hydrogen-bond donors (Lipinski definition) is 1. The zero-order chi connectivity index (χ0) is 15.2. The third-order valence-corrected chi connectivity index (χ3v) is 3.01. The van der Waals surface area contributed by atoms with Crippen LogP contribution in [0.25, 0.3) is 0 Å². The molecule has 2 rings (SSSR count). The number of aryl methyl sites for hydroxylation is 1. The molecule has 0 spiro atoms. The lowest BCUT2D eigenvalue weighted by atomic mass is 10.2. The summed E-state index contributed by atoms with van der Waals surface area (Å²) in [4.78, 5) is 11.9. The molecule has 5 nitrogen and oxygen atoms in total. The van der Waals surface area contributed by atoms with Crippen molar-refractivity contribution in [2.75, 3.05) is 6.54 Å². The summed E-state index contributed by atoms with van der Waals surface area (Å²) >= 11 is 0. The van der Waals surface area contributed by atoms with E-state index in [0.717, 1.165) is 0 Å². The Morgan fingerprint density at radius 1 is 1.52 bits per heavy atom. The van der Waals surface area contributed by atoms with Gasteiger partial charge in [0.25, 0.3) is 5.91 Å². The third-order valence-electron chi connectivity index (χ3n) is 3.01. The maximum atomic E-state index is 13.1. The van der Waals surface area contributed by atoms with Gasteiger partial charge >= 0.3 is 0 Å². The number of rotatable bonds is 6. The smallest absolute Gasteiger partial charge is 0.254 e. The standard InChI is InChI=1S/C15H18FN3O2/c1-3-13(21-14-6-4-5-12(16)7-14)9-17-15(20)11-8-18-19(2)10-11/h4-8,10,13H,3,9H2,1-2H3,(H,17,20). The Morgan fingerprint density at radius 2 is 2.33 bits per heavy atom. The highest BCUT2D eigenvalue weighted by Gasteiger charge is 2.13. The van der Waals surface area contributed by atoms with E-state index in [1.807, 2.05) is 6.92 Å². The molecule has 1 heterocycles. The number of aromatic nitrogens is 2. The lowest BCUT2D eigenvalue weighted by molar-refractivity contribution is 0.0925.